The van der Waals surface area contributed by atoms with Crippen LogP contribution < -0.4 is 20.3 Å². The molecule has 9 nitrogen and oxygen atoms in total. The number of hydrogen-bond acceptors (Lipinski definition) is 6. The Labute approximate surface area is 238 Å². The summed E-state index contributed by atoms with van der Waals surface area (Å²) in [7, 11) is 1.88. The molecule has 0 aliphatic heterocycles. The first-order chi connectivity index (χ1) is 19.9. The summed E-state index contributed by atoms with van der Waals surface area (Å²) < 4.78 is 30.8. The number of aromatic nitrogens is 4. The molecule has 4 aromatic rings. The number of nitrogens with zero attached hydrogens (tertiary/aromatic N) is 5. The highest BCUT2D eigenvalue weighted by Crippen LogP contribution is 2.27. The standard InChI is InChI=1S/C30H35F2N7O2/c1-3-8-25(11-7-16-33-29-34-19-27(20-35-29)41-28(31)32)39(30(40)36-17-22-9-5-4-6-10-22)26-14-12-23(13-15-26)24-18-37-38(2)21-24/h4-6,9-10,12-15,18-21,25,28H,3,7-8,11,16-17H2,1-2H3,(H,36,40)(H,33,34,35)/t25-/m0/s1. The molecule has 1 atom stereocenters. The Hall–Kier alpha value is -4.54. The number of hydrogen-bond donors (Lipinski definition) is 2. The van der Waals surface area contributed by atoms with Gasteiger partial charge in [-0.15, -0.1) is 0 Å². The molecule has 0 aliphatic rings. The first kappa shape index (κ1) is 29.4. The van der Waals surface area contributed by atoms with Gasteiger partial charge in [-0.05, 0) is 42.5 Å². The minimum atomic E-state index is -2.92. The van der Waals surface area contributed by atoms with E-state index < -0.39 is 6.61 Å². The first-order valence-corrected chi connectivity index (χ1v) is 13.6. The first-order valence-electron chi connectivity index (χ1n) is 13.6. The van der Waals surface area contributed by atoms with Gasteiger partial charge in [0, 0.05) is 43.6 Å². The molecule has 0 unspecified atom stereocenters. The molecule has 0 saturated heterocycles. The summed E-state index contributed by atoms with van der Waals surface area (Å²) >= 11 is 0. The lowest BCUT2D eigenvalue weighted by atomic mass is 10.0. The van der Waals surface area contributed by atoms with Crippen molar-refractivity contribution >= 4 is 17.7 Å². The average Bonchev–Trinajstić information content (AvgIpc) is 3.42. The van der Waals surface area contributed by atoms with Gasteiger partial charge >= 0.3 is 12.6 Å². The smallest absolute Gasteiger partial charge is 0.387 e. The van der Waals surface area contributed by atoms with E-state index in [0.717, 1.165) is 48.1 Å². The highest BCUT2D eigenvalue weighted by atomic mass is 19.3. The molecule has 0 radical (unpaired) electrons. The van der Waals surface area contributed by atoms with Crippen molar-refractivity contribution < 1.29 is 18.3 Å². The molecule has 2 aromatic carbocycles. The Morgan fingerprint density at radius 2 is 1.73 bits per heavy atom. The second-order valence-electron chi connectivity index (χ2n) is 9.60. The summed E-state index contributed by atoms with van der Waals surface area (Å²) in [6.07, 6.45) is 9.37. The third-order valence-electron chi connectivity index (χ3n) is 6.53. The van der Waals surface area contributed by atoms with Crippen molar-refractivity contribution in [3.05, 3.63) is 84.9 Å². The van der Waals surface area contributed by atoms with Gasteiger partial charge in [0.25, 0.3) is 0 Å². The molecule has 4 rings (SSSR count). The number of carbonyl (C=O) groups excluding carboxylic acids is 1. The van der Waals surface area contributed by atoms with E-state index in [9.17, 15) is 13.6 Å². The average molecular weight is 564 g/mol. The fraction of sp³-hybridized carbons (Fsp3) is 0.333. The van der Waals surface area contributed by atoms with Crippen molar-refractivity contribution in [2.24, 2.45) is 7.05 Å². The van der Waals surface area contributed by atoms with Crippen LogP contribution in [0, 0.1) is 0 Å². The van der Waals surface area contributed by atoms with E-state index in [1.54, 1.807) is 4.68 Å². The van der Waals surface area contributed by atoms with E-state index in [-0.39, 0.29) is 17.8 Å². The maximum absolute atomic E-state index is 13.7. The second kappa shape index (κ2) is 14.7. The van der Waals surface area contributed by atoms with Crippen molar-refractivity contribution in [3.63, 3.8) is 0 Å². The minimum absolute atomic E-state index is 0.0513. The molecule has 2 heterocycles. The maximum atomic E-state index is 13.7. The Morgan fingerprint density at radius 3 is 2.37 bits per heavy atom. The SMILES string of the molecule is CCC[C@@H](CCCNc1ncc(OC(F)F)cn1)N(C(=O)NCc1ccccc1)c1ccc(-c2cnn(C)c2)cc1. The number of anilines is 2. The normalized spacial score (nSPS) is 11.7. The summed E-state index contributed by atoms with van der Waals surface area (Å²) in [6.45, 7) is 0.155. The quantitative estimate of drug-likeness (QED) is 0.176. The number of benzene rings is 2. The van der Waals surface area contributed by atoms with Gasteiger partial charge in [0.15, 0.2) is 5.75 Å². The number of ether oxygens (including phenoxy) is 1. The Bertz CT molecular complexity index is 1350. The van der Waals surface area contributed by atoms with Crippen LogP contribution in [0.4, 0.5) is 25.2 Å². The maximum Gasteiger partial charge on any atom is 0.387 e. The van der Waals surface area contributed by atoms with E-state index in [0.29, 0.717) is 19.0 Å². The number of carbonyl (C=O) groups is 1. The van der Waals surface area contributed by atoms with Gasteiger partial charge in [-0.3, -0.25) is 9.58 Å². The van der Waals surface area contributed by atoms with Crippen LogP contribution in [0.3, 0.4) is 0 Å². The number of amides is 2. The monoisotopic (exact) mass is 563 g/mol. The van der Waals surface area contributed by atoms with E-state index in [2.05, 4.69) is 37.4 Å². The molecule has 0 aliphatic carbocycles. The molecule has 0 bridgehead atoms. The van der Waals surface area contributed by atoms with Gasteiger partial charge in [-0.25, -0.2) is 14.8 Å². The predicted molar refractivity (Wildman–Crippen MR) is 155 cm³/mol. The van der Waals surface area contributed by atoms with Crippen LogP contribution >= 0.6 is 0 Å². The fourth-order valence-electron chi connectivity index (χ4n) is 4.58. The van der Waals surface area contributed by atoms with Gasteiger partial charge in [0.05, 0.1) is 18.6 Å². The van der Waals surface area contributed by atoms with Crippen molar-refractivity contribution in [1.82, 2.24) is 25.1 Å². The summed E-state index contributed by atoms with van der Waals surface area (Å²) in [5.41, 5.74) is 3.86. The molecule has 0 saturated carbocycles. The molecule has 216 valence electrons. The summed E-state index contributed by atoms with van der Waals surface area (Å²) in [5, 5.41) is 10.5. The fourth-order valence-corrected chi connectivity index (χ4v) is 4.58. The number of urea groups is 1. The van der Waals surface area contributed by atoms with Gasteiger partial charge in [-0.1, -0.05) is 55.8 Å². The van der Waals surface area contributed by atoms with Crippen LogP contribution in [0.2, 0.25) is 0 Å². The summed E-state index contributed by atoms with van der Waals surface area (Å²) in [4.78, 5) is 23.6. The van der Waals surface area contributed by atoms with Crippen LogP contribution in [0.1, 0.15) is 38.2 Å². The van der Waals surface area contributed by atoms with Crippen molar-refractivity contribution in [1.29, 1.82) is 0 Å². The van der Waals surface area contributed by atoms with Gasteiger partial charge in [-0.2, -0.15) is 13.9 Å². The van der Waals surface area contributed by atoms with E-state index in [1.807, 2.05) is 78.9 Å². The molecule has 41 heavy (non-hydrogen) atoms. The topological polar surface area (TPSA) is 97.2 Å². The largest absolute Gasteiger partial charge is 0.432 e. The minimum Gasteiger partial charge on any atom is -0.432 e. The van der Waals surface area contributed by atoms with Crippen LogP contribution in [0.15, 0.2) is 79.4 Å². The van der Waals surface area contributed by atoms with Gasteiger partial charge in [0.2, 0.25) is 5.95 Å². The number of nitrogens with one attached hydrogen (secondary N) is 2. The lowest BCUT2D eigenvalue weighted by Crippen LogP contribution is -2.46. The molecule has 0 fully saturated rings. The zero-order valence-corrected chi connectivity index (χ0v) is 23.2. The molecular formula is C30H35F2N7O2. The predicted octanol–water partition coefficient (Wildman–Crippen LogP) is 6.26. The van der Waals surface area contributed by atoms with Gasteiger partial charge in [0.1, 0.15) is 0 Å². The van der Waals surface area contributed by atoms with E-state index in [4.69, 9.17) is 0 Å². The van der Waals surface area contributed by atoms with Crippen LogP contribution in [-0.4, -0.2) is 45.0 Å². The third kappa shape index (κ3) is 8.72. The zero-order chi connectivity index (χ0) is 29.0. The highest BCUT2D eigenvalue weighted by molar-refractivity contribution is 5.93. The summed E-state index contributed by atoms with van der Waals surface area (Å²) in [6, 6.07) is 17.6. The van der Waals surface area contributed by atoms with Crippen molar-refractivity contribution in [2.45, 2.75) is 51.8 Å². The number of rotatable bonds is 14. The zero-order valence-electron chi connectivity index (χ0n) is 23.2. The lowest BCUT2D eigenvalue weighted by Gasteiger charge is -2.32. The number of alkyl halides is 2. The number of aryl methyl sites for hydroxylation is 1. The molecule has 2 amide bonds. The Morgan fingerprint density at radius 1 is 1.00 bits per heavy atom. The molecule has 0 spiro atoms. The summed E-state index contributed by atoms with van der Waals surface area (Å²) in [5.74, 6) is 0.224. The molecule has 2 aromatic heterocycles. The molecular weight excluding hydrogens is 528 g/mol. The van der Waals surface area contributed by atoms with Crippen molar-refractivity contribution in [3.8, 4) is 16.9 Å². The Kier molecular flexibility index (Phi) is 10.6. The Balaban J connectivity index is 1.45. The molecule has 2 N–H and O–H groups in total. The highest BCUT2D eigenvalue weighted by Gasteiger charge is 2.25. The van der Waals surface area contributed by atoms with E-state index in [1.165, 1.54) is 12.4 Å². The second-order valence-corrected chi connectivity index (χ2v) is 9.60. The van der Waals surface area contributed by atoms with E-state index >= 15 is 0 Å². The molecule has 11 heteroatoms. The van der Waals surface area contributed by atoms with Gasteiger partial charge < -0.3 is 15.4 Å². The number of halogens is 2. The van der Waals surface area contributed by atoms with Crippen LogP contribution in [0.25, 0.3) is 11.1 Å². The lowest BCUT2D eigenvalue weighted by molar-refractivity contribution is -0.0503. The third-order valence-corrected chi connectivity index (χ3v) is 6.53. The van der Waals surface area contributed by atoms with Crippen LogP contribution in [-0.2, 0) is 13.6 Å². The van der Waals surface area contributed by atoms with Crippen LogP contribution in [0.5, 0.6) is 5.75 Å². The van der Waals surface area contributed by atoms with Crippen molar-refractivity contribution in [2.75, 3.05) is 16.8 Å².